The van der Waals surface area contributed by atoms with Crippen LogP contribution in [-0.4, -0.2) is 68.7 Å². The molecule has 2 aromatic heterocycles. The van der Waals surface area contributed by atoms with Crippen LogP contribution in [-0.2, 0) is 13.1 Å². The van der Waals surface area contributed by atoms with E-state index in [0.29, 0.717) is 17.0 Å². The molecule has 4 aromatic rings. The van der Waals surface area contributed by atoms with Crippen LogP contribution in [0.1, 0.15) is 52.5 Å². The second-order valence-corrected chi connectivity index (χ2v) is 10.6. The highest BCUT2D eigenvalue weighted by molar-refractivity contribution is 6.04. The summed E-state index contributed by atoms with van der Waals surface area (Å²) >= 11 is 0. The number of carbonyl (C=O) groups excluding carboxylic acids is 1. The van der Waals surface area contributed by atoms with Gasteiger partial charge in [0.05, 0.1) is 18.4 Å². The zero-order valence-corrected chi connectivity index (χ0v) is 23.5. The van der Waals surface area contributed by atoms with Gasteiger partial charge in [0.15, 0.2) is 0 Å². The lowest BCUT2D eigenvalue weighted by Crippen LogP contribution is -2.43. The Morgan fingerprint density at radius 2 is 1.85 bits per heavy atom. The fraction of sp³-hybridized carbons (Fsp3) is 0.400. The number of aromatic nitrogens is 4. The van der Waals surface area contributed by atoms with Crippen LogP contribution in [0.3, 0.4) is 0 Å². The molecule has 9 nitrogen and oxygen atoms in total. The van der Waals surface area contributed by atoms with Crippen molar-refractivity contribution in [1.29, 1.82) is 0 Å². The summed E-state index contributed by atoms with van der Waals surface area (Å²) in [7, 11) is 2.17. The summed E-state index contributed by atoms with van der Waals surface area (Å²) in [6, 6.07) is 12.0. The van der Waals surface area contributed by atoms with Gasteiger partial charge >= 0.3 is 0 Å². The van der Waals surface area contributed by atoms with E-state index in [1.807, 2.05) is 48.1 Å². The van der Waals surface area contributed by atoms with Crippen LogP contribution in [0.5, 0.6) is 0 Å². The van der Waals surface area contributed by atoms with E-state index in [1.165, 1.54) is 5.56 Å². The average Bonchev–Trinajstić information content (AvgIpc) is 3.34. The van der Waals surface area contributed by atoms with Gasteiger partial charge in [0.25, 0.3) is 5.91 Å². The Morgan fingerprint density at radius 3 is 2.59 bits per heavy atom. The summed E-state index contributed by atoms with van der Waals surface area (Å²) in [5.41, 5.74) is 7.45. The summed E-state index contributed by atoms with van der Waals surface area (Å²) in [6.45, 7) is 14.3. The van der Waals surface area contributed by atoms with E-state index in [0.717, 1.165) is 67.2 Å². The Bertz CT molecular complexity index is 1470. The van der Waals surface area contributed by atoms with Gasteiger partial charge in [-0.1, -0.05) is 12.1 Å². The fourth-order valence-electron chi connectivity index (χ4n) is 5.03. The SMILES string of the molecule is CCn1cc2ncc(N[C@@H](C)c3cc(NC(=O)c4ccc(CN5CCN(C)CC5)c(C)c4)ccc3C)nc2n1. The van der Waals surface area contributed by atoms with E-state index >= 15 is 0 Å². The van der Waals surface area contributed by atoms with Gasteiger partial charge in [-0.25, -0.2) is 9.97 Å². The van der Waals surface area contributed by atoms with Crippen molar-refractivity contribution < 1.29 is 4.79 Å². The fourth-order valence-corrected chi connectivity index (χ4v) is 5.03. The first-order valence-corrected chi connectivity index (χ1v) is 13.7. The lowest BCUT2D eigenvalue weighted by molar-refractivity contribution is 0.102. The summed E-state index contributed by atoms with van der Waals surface area (Å²) in [4.78, 5) is 27.1. The third-order valence-electron chi connectivity index (χ3n) is 7.56. The predicted octanol–water partition coefficient (Wildman–Crippen LogP) is 4.64. The first kappa shape index (κ1) is 26.8. The molecule has 0 radical (unpaired) electrons. The van der Waals surface area contributed by atoms with Crippen molar-refractivity contribution >= 4 is 28.6 Å². The van der Waals surface area contributed by atoms with Crippen LogP contribution >= 0.6 is 0 Å². The van der Waals surface area contributed by atoms with Crippen LogP contribution in [0.4, 0.5) is 11.5 Å². The van der Waals surface area contributed by atoms with Crippen LogP contribution < -0.4 is 10.6 Å². The molecule has 3 heterocycles. The predicted molar refractivity (Wildman–Crippen MR) is 156 cm³/mol. The minimum Gasteiger partial charge on any atom is -0.362 e. The molecular weight excluding hydrogens is 488 g/mol. The Labute approximate surface area is 230 Å². The molecule has 1 fully saturated rings. The van der Waals surface area contributed by atoms with Gasteiger partial charge in [-0.05, 0) is 81.3 Å². The Morgan fingerprint density at radius 1 is 1.05 bits per heavy atom. The van der Waals surface area contributed by atoms with Gasteiger partial charge < -0.3 is 15.5 Å². The summed E-state index contributed by atoms with van der Waals surface area (Å²) in [5, 5.41) is 11.0. The maximum atomic E-state index is 13.1. The van der Waals surface area contributed by atoms with Gasteiger partial charge in [0.1, 0.15) is 11.3 Å². The van der Waals surface area contributed by atoms with E-state index < -0.39 is 0 Å². The topological polar surface area (TPSA) is 91.2 Å². The quantitative estimate of drug-likeness (QED) is 0.346. The zero-order chi connectivity index (χ0) is 27.5. The van der Waals surface area contributed by atoms with Crippen molar-refractivity contribution in [3.63, 3.8) is 0 Å². The first-order chi connectivity index (χ1) is 18.8. The third kappa shape index (κ3) is 6.26. The van der Waals surface area contributed by atoms with Crippen LogP contribution in [0.2, 0.25) is 0 Å². The minimum absolute atomic E-state index is 0.0436. The minimum atomic E-state index is -0.109. The molecule has 204 valence electrons. The number of piperazine rings is 1. The molecule has 0 bridgehead atoms. The molecule has 1 saturated heterocycles. The smallest absolute Gasteiger partial charge is 0.255 e. The van der Waals surface area contributed by atoms with E-state index in [1.54, 1.807) is 6.20 Å². The van der Waals surface area contributed by atoms with Crippen LogP contribution in [0.15, 0.2) is 48.8 Å². The molecule has 1 aliphatic heterocycles. The molecule has 0 saturated carbocycles. The van der Waals surface area contributed by atoms with Crippen LogP contribution in [0.25, 0.3) is 11.2 Å². The molecule has 0 aliphatic carbocycles. The zero-order valence-electron chi connectivity index (χ0n) is 23.5. The van der Waals surface area contributed by atoms with Crippen molar-refractivity contribution in [3.05, 3.63) is 76.6 Å². The lowest BCUT2D eigenvalue weighted by Gasteiger charge is -2.32. The number of hydrogen-bond donors (Lipinski definition) is 2. The monoisotopic (exact) mass is 526 g/mol. The molecule has 1 aliphatic rings. The standard InChI is InChI=1S/C30H38N8O/c1-6-38-19-27-29(35-38)34-28(17-31-27)32-22(4)26-16-25(10-7-20(26)2)33-30(39)23-8-9-24(21(3)15-23)18-37-13-11-36(5)12-14-37/h7-10,15-17,19,22H,6,11-14,18H2,1-5H3,(H,33,39)(H,32,34,35)/t22-/m0/s1. The van der Waals surface area contributed by atoms with E-state index in [9.17, 15) is 4.79 Å². The number of amides is 1. The molecule has 0 spiro atoms. The molecule has 1 atom stereocenters. The number of nitrogens with zero attached hydrogens (tertiary/aromatic N) is 6. The van der Waals surface area contributed by atoms with Gasteiger partial charge in [0, 0.05) is 50.5 Å². The number of rotatable bonds is 8. The number of likely N-dealkylation sites (N-methyl/N-ethyl adjacent to an activating group) is 1. The van der Waals surface area contributed by atoms with Crippen molar-refractivity contribution in [2.75, 3.05) is 43.9 Å². The maximum absolute atomic E-state index is 13.1. The molecule has 0 unspecified atom stereocenters. The number of anilines is 2. The summed E-state index contributed by atoms with van der Waals surface area (Å²) < 4.78 is 1.83. The summed E-state index contributed by atoms with van der Waals surface area (Å²) in [5.74, 6) is 0.555. The first-order valence-electron chi connectivity index (χ1n) is 13.7. The molecule has 2 N–H and O–H groups in total. The van der Waals surface area contributed by atoms with Gasteiger partial charge in [-0.2, -0.15) is 5.10 Å². The normalized spacial score (nSPS) is 15.4. The van der Waals surface area contributed by atoms with Crippen molar-refractivity contribution in [2.45, 2.75) is 46.8 Å². The molecule has 39 heavy (non-hydrogen) atoms. The number of hydrogen-bond acceptors (Lipinski definition) is 7. The maximum Gasteiger partial charge on any atom is 0.255 e. The highest BCUT2D eigenvalue weighted by Gasteiger charge is 2.17. The number of fused-ring (bicyclic) bond motifs is 1. The van der Waals surface area contributed by atoms with Gasteiger partial charge in [-0.15, -0.1) is 0 Å². The van der Waals surface area contributed by atoms with Gasteiger partial charge in [0.2, 0.25) is 5.65 Å². The van der Waals surface area contributed by atoms with Crippen molar-refractivity contribution in [2.24, 2.45) is 0 Å². The molecule has 1 amide bonds. The second-order valence-electron chi connectivity index (χ2n) is 10.6. The largest absolute Gasteiger partial charge is 0.362 e. The third-order valence-corrected chi connectivity index (χ3v) is 7.56. The number of carbonyl (C=O) groups is 1. The Hall–Kier alpha value is -3.82. The van der Waals surface area contributed by atoms with Gasteiger partial charge in [-0.3, -0.25) is 14.4 Å². The van der Waals surface area contributed by atoms with E-state index in [4.69, 9.17) is 0 Å². The molecule has 2 aromatic carbocycles. The molecule has 5 rings (SSSR count). The van der Waals surface area contributed by atoms with Crippen LogP contribution in [0, 0.1) is 13.8 Å². The molecular formula is C30H38N8O. The Kier molecular flexibility index (Phi) is 7.90. The van der Waals surface area contributed by atoms with E-state index in [-0.39, 0.29) is 11.9 Å². The van der Waals surface area contributed by atoms with E-state index in [2.05, 4.69) is 69.4 Å². The number of aryl methyl sites for hydroxylation is 3. The average molecular weight is 527 g/mol. The lowest BCUT2D eigenvalue weighted by atomic mass is 10.0. The number of benzene rings is 2. The summed E-state index contributed by atoms with van der Waals surface area (Å²) in [6.07, 6.45) is 3.63. The molecule has 9 heteroatoms. The van der Waals surface area contributed by atoms with Crippen molar-refractivity contribution in [1.82, 2.24) is 29.5 Å². The second kappa shape index (κ2) is 11.5. The highest BCUT2D eigenvalue weighted by atomic mass is 16.1. The Balaban J connectivity index is 1.25. The highest BCUT2D eigenvalue weighted by Crippen LogP contribution is 2.26. The number of nitrogens with one attached hydrogen (secondary N) is 2. The van der Waals surface area contributed by atoms with Crippen molar-refractivity contribution in [3.8, 4) is 0 Å².